The maximum absolute atomic E-state index is 12.5. The Morgan fingerprint density at radius 2 is 2.36 bits per heavy atom. The molecule has 116 valence electrons. The van der Waals surface area contributed by atoms with E-state index in [1.165, 1.54) is 11.8 Å². The molecule has 0 radical (unpaired) electrons. The number of amides is 1. The Hall–Kier alpha value is -1.38. The van der Waals surface area contributed by atoms with Crippen molar-refractivity contribution in [3.8, 4) is 0 Å². The smallest absolute Gasteiger partial charge is 0.266 e. The van der Waals surface area contributed by atoms with Crippen LogP contribution in [0.15, 0.2) is 29.3 Å². The van der Waals surface area contributed by atoms with Crippen LogP contribution in [0.5, 0.6) is 0 Å². The summed E-state index contributed by atoms with van der Waals surface area (Å²) in [5.41, 5.74) is 0.622. The third-order valence-electron chi connectivity index (χ3n) is 2.97. The average molecular weight is 353 g/mol. The first-order valence-electron chi connectivity index (χ1n) is 6.42. The number of carboxylic acid groups (broad SMARTS) is 1. The van der Waals surface area contributed by atoms with Gasteiger partial charge in [-0.15, -0.1) is 0 Å². The zero-order chi connectivity index (χ0) is 16.1. The van der Waals surface area contributed by atoms with Gasteiger partial charge in [-0.05, 0) is 36.6 Å². The number of aliphatic carboxylic acids is 1. The summed E-state index contributed by atoms with van der Waals surface area (Å²) in [4.78, 5) is 29.4. The van der Waals surface area contributed by atoms with Gasteiger partial charge in [0.15, 0.2) is 0 Å². The maximum Gasteiger partial charge on any atom is 0.266 e. The van der Waals surface area contributed by atoms with E-state index in [1.54, 1.807) is 24.4 Å². The number of thiocarbonyl (C=S) groups is 1. The molecule has 0 saturated carbocycles. The lowest BCUT2D eigenvalue weighted by Gasteiger charge is -2.27. The fourth-order valence-electron chi connectivity index (χ4n) is 1.93. The molecule has 1 saturated heterocycles. The molecule has 1 aliphatic rings. The molecule has 1 aromatic heterocycles. The zero-order valence-corrected chi connectivity index (χ0v) is 14.2. The Labute approximate surface area is 142 Å². The molecule has 1 aromatic rings. The van der Waals surface area contributed by atoms with E-state index in [-0.39, 0.29) is 4.32 Å². The lowest BCUT2D eigenvalue weighted by Crippen LogP contribution is -2.50. The molecule has 1 atom stereocenters. The van der Waals surface area contributed by atoms with Gasteiger partial charge >= 0.3 is 0 Å². The molecule has 2 heterocycles. The van der Waals surface area contributed by atoms with Crippen molar-refractivity contribution in [3.05, 3.63) is 35.0 Å². The first-order valence-corrected chi connectivity index (χ1v) is 9.04. The normalized spacial score (nSPS) is 18.0. The zero-order valence-electron chi connectivity index (χ0n) is 11.7. The highest BCUT2D eigenvalue weighted by Gasteiger charge is 2.37. The van der Waals surface area contributed by atoms with Crippen molar-refractivity contribution >= 4 is 58.0 Å². The van der Waals surface area contributed by atoms with Crippen LogP contribution in [0.3, 0.4) is 0 Å². The van der Waals surface area contributed by atoms with Crippen LogP contribution in [0.2, 0.25) is 0 Å². The lowest BCUT2D eigenvalue weighted by atomic mass is 10.2. The van der Waals surface area contributed by atoms with Gasteiger partial charge in [0.1, 0.15) is 4.32 Å². The summed E-state index contributed by atoms with van der Waals surface area (Å²) in [5, 5.41) is 11.3. The number of hydrogen-bond donors (Lipinski definition) is 0. The van der Waals surface area contributed by atoms with Crippen LogP contribution in [0, 0.1) is 0 Å². The summed E-state index contributed by atoms with van der Waals surface area (Å²) in [5.74, 6) is -1.09. The molecule has 1 fully saturated rings. The molecule has 0 unspecified atom stereocenters. The van der Waals surface area contributed by atoms with E-state index < -0.39 is 17.9 Å². The van der Waals surface area contributed by atoms with Crippen LogP contribution in [0.4, 0.5) is 0 Å². The monoisotopic (exact) mass is 353 g/mol. The Morgan fingerprint density at radius 1 is 1.59 bits per heavy atom. The lowest BCUT2D eigenvalue weighted by molar-refractivity contribution is -0.310. The van der Waals surface area contributed by atoms with E-state index in [0.29, 0.717) is 22.8 Å². The van der Waals surface area contributed by atoms with Crippen LogP contribution in [-0.4, -0.2) is 44.1 Å². The van der Waals surface area contributed by atoms with E-state index >= 15 is 0 Å². The molecular formula is C14H13N2O3S3-. The third-order valence-corrected chi connectivity index (χ3v) is 4.94. The van der Waals surface area contributed by atoms with Crippen molar-refractivity contribution in [3.63, 3.8) is 0 Å². The minimum Gasteiger partial charge on any atom is -0.548 e. The largest absolute Gasteiger partial charge is 0.548 e. The molecule has 0 aliphatic carbocycles. The molecule has 1 amide bonds. The van der Waals surface area contributed by atoms with Gasteiger partial charge in [-0.2, -0.15) is 11.8 Å². The Morgan fingerprint density at radius 3 is 2.95 bits per heavy atom. The number of carboxylic acids is 1. The van der Waals surface area contributed by atoms with Crippen molar-refractivity contribution < 1.29 is 14.7 Å². The van der Waals surface area contributed by atoms with Crippen molar-refractivity contribution in [2.45, 2.75) is 12.5 Å². The molecule has 1 aliphatic heterocycles. The first-order chi connectivity index (χ1) is 10.5. The summed E-state index contributed by atoms with van der Waals surface area (Å²) >= 11 is 7.76. The summed E-state index contributed by atoms with van der Waals surface area (Å²) < 4.78 is 0.238. The van der Waals surface area contributed by atoms with Crippen molar-refractivity contribution in [2.75, 3.05) is 12.0 Å². The highest BCUT2D eigenvalue weighted by molar-refractivity contribution is 8.26. The van der Waals surface area contributed by atoms with Gasteiger partial charge in [0.25, 0.3) is 5.91 Å². The fraction of sp³-hybridized carbons (Fsp3) is 0.286. The van der Waals surface area contributed by atoms with E-state index in [0.717, 1.165) is 16.7 Å². The molecule has 0 bridgehead atoms. The number of rotatable bonds is 6. The number of thioether (sulfide) groups is 2. The molecule has 8 heteroatoms. The highest BCUT2D eigenvalue weighted by atomic mass is 32.2. The minimum atomic E-state index is -1.29. The molecule has 22 heavy (non-hydrogen) atoms. The first kappa shape index (κ1) is 17.0. The standard InChI is InChI=1S/C14H14N2O3S3/c1-21-7-5-10(13(18)19)16-12(17)11(22-14(16)20)8-9-4-2-3-6-15-9/h2-4,6,8,10H,5,7H2,1H3,(H,18,19)/p-1/b11-8-/t10-/m1/s1. The van der Waals surface area contributed by atoms with E-state index in [2.05, 4.69) is 4.98 Å². The number of aromatic nitrogens is 1. The van der Waals surface area contributed by atoms with Gasteiger partial charge in [-0.25, -0.2) is 0 Å². The number of hydrogen-bond acceptors (Lipinski definition) is 7. The summed E-state index contributed by atoms with van der Waals surface area (Å²) in [6.07, 6.45) is 5.40. The quantitative estimate of drug-likeness (QED) is 0.561. The molecular weight excluding hydrogens is 340 g/mol. The Balaban J connectivity index is 2.24. The number of carbonyl (C=O) groups excluding carboxylic acids is 2. The van der Waals surface area contributed by atoms with E-state index in [1.807, 2.05) is 12.3 Å². The predicted molar refractivity (Wildman–Crippen MR) is 91.0 cm³/mol. The van der Waals surface area contributed by atoms with Gasteiger partial charge in [0.05, 0.1) is 22.6 Å². The topological polar surface area (TPSA) is 73.3 Å². The second-order valence-corrected chi connectivity index (χ2v) is 7.08. The summed E-state index contributed by atoms with van der Waals surface area (Å²) in [6.45, 7) is 0. The van der Waals surface area contributed by atoms with Crippen LogP contribution < -0.4 is 5.11 Å². The van der Waals surface area contributed by atoms with Gasteiger partial charge in [-0.1, -0.05) is 30.0 Å². The van der Waals surface area contributed by atoms with Gasteiger partial charge in [-0.3, -0.25) is 14.7 Å². The highest BCUT2D eigenvalue weighted by Crippen LogP contribution is 2.34. The van der Waals surface area contributed by atoms with Crippen LogP contribution >= 0.6 is 35.7 Å². The summed E-state index contributed by atoms with van der Waals surface area (Å²) in [7, 11) is 0. The predicted octanol–water partition coefficient (Wildman–Crippen LogP) is 1.15. The van der Waals surface area contributed by atoms with Gasteiger partial charge in [0, 0.05) is 6.20 Å². The minimum absolute atomic E-state index is 0.238. The molecule has 2 rings (SSSR count). The fourth-order valence-corrected chi connectivity index (χ4v) is 3.73. The van der Waals surface area contributed by atoms with Crippen LogP contribution in [0.25, 0.3) is 6.08 Å². The molecule has 5 nitrogen and oxygen atoms in total. The molecule has 0 N–H and O–H groups in total. The number of carbonyl (C=O) groups is 2. The number of nitrogens with zero attached hydrogens (tertiary/aromatic N) is 2. The summed E-state index contributed by atoms with van der Waals surface area (Å²) in [6, 6.07) is 4.31. The molecule has 0 spiro atoms. The SMILES string of the molecule is CSCC[C@H](C(=O)[O-])N1C(=O)/C(=C/c2ccccn2)SC1=S. The van der Waals surface area contributed by atoms with E-state index in [9.17, 15) is 14.7 Å². The van der Waals surface area contributed by atoms with Crippen molar-refractivity contribution in [1.82, 2.24) is 9.88 Å². The third kappa shape index (κ3) is 3.88. The second-order valence-electron chi connectivity index (χ2n) is 4.42. The van der Waals surface area contributed by atoms with Crippen molar-refractivity contribution in [2.24, 2.45) is 0 Å². The van der Waals surface area contributed by atoms with Crippen LogP contribution in [-0.2, 0) is 9.59 Å². The second kappa shape index (κ2) is 7.75. The van der Waals surface area contributed by atoms with Gasteiger partial charge in [0.2, 0.25) is 0 Å². The maximum atomic E-state index is 12.5. The Bertz CT molecular complexity index is 619. The van der Waals surface area contributed by atoms with Gasteiger partial charge < -0.3 is 9.90 Å². The molecule has 0 aromatic carbocycles. The van der Waals surface area contributed by atoms with E-state index in [4.69, 9.17) is 12.2 Å². The van der Waals surface area contributed by atoms with Crippen LogP contribution in [0.1, 0.15) is 12.1 Å². The number of pyridine rings is 1. The Kier molecular flexibility index (Phi) is 5.98. The van der Waals surface area contributed by atoms with Crippen molar-refractivity contribution in [1.29, 1.82) is 0 Å². The average Bonchev–Trinajstić information content (AvgIpc) is 2.76.